The number of ether oxygens (including phenoxy) is 4. The van der Waals surface area contributed by atoms with Crippen molar-refractivity contribution in [3.8, 4) is 22.6 Å². The van der Waals surface area contributed by atoms with Gasteiger partial charge in [0, 0.05) is 46.4 Å². The Labute approximate surface area is 385 Å². The van der Waals surface area contributed by atoms with Gasteiger partial charge in [0.15, 0.2) is 5.60 Å². The van der Waals surface area contributed by atoms with Crippen LogP contribution in [-0.2, 0) is 27.3 Å². The third-order valence-electron chi connectivity index (χ3n) is 15.2. The quantitative estimate of drug-likeness (QED) is 0.0655. The molecule has 0 spiro atoms. The molecule has 0 aromatic heterocycles. The molecule has 3 heterocycles. The van der Waals surface area contributed by atoms with Crippen molar-refractivity contribution in [3.63, 3.8) is 0 Å². The highest BCUT2D eigenvalue weighted by Crippen LogP contribution is 2.55. The molecule has 1 aliphatic carbocycles. The summed E-state index contributed by atoms with van der Waals surface area (Å²) in [7, 11) is 0. The fourth-order valence-electron chi connectivity index (χ4n) is 11.3. The van der Waals surface area contributed by atoms with E-state index >= 15 is 0 Å². The Balaban J connectivity index is 0.929. The third kappa shape index (κ3) is 8.29. The molecular formula is C59H63NO5. The van der Waals surface area contributed by atoms with Crippen molar-refractivity contribution >= 4 is 28.5 Å². The third-order valence-corrected chi connectivity index (χ3v) is 15.2. The highest BCUT2D eigenvalue weighted by molar-refractivity contribution is 6.00. The Morgan fingerprint density at radius 2 is 1.45 bits per heavy atom. The number of rotatable bonds is 13. The van der Waals surface area contributed by atoms with Crippen molar-refractivity contribution < 1.29 is 23.7 Å². The van der Waals surface area contributed by atoms with Crippen molar-refractivity contribution in [1.29, 1.82) is 0 Å². The van der Waals surface area contributed by atoms with Crippen molar-refractivity contribution in [3.05, 3.63) is 166 Å². The summed E-state index contributed by atoms with van der Waals surface area (Å²) in [4.78, 5) is 15.8. The zero-order chi connectivity index (χ0) is 44.4. The minimum absolute atomic E-state index is 0.352. The molecule has 1 unspecified atom stereocenters. The molecule has 6 aromatic rings. The van der Waals surface area contributed by atoms with Gasteiger partial charge in [-0.15, -0.1) is 0 Å². The SMILES string of the molecule is CCCCCC1CCC(c2ccc(OC(=O)c3ccc(-c4ccc5c6c(c7c(c5c4)COC7(CC)CC)C=CC(c4ccccc4)(c4ccc(N5CCOCC5)cc4)O6)cc3)cc2)CC1. The Hall–Kier alpha value is -5.69. The Morgan fingerprint density at radius 1 is 0.738 bits per heavy atom. The van der Waals surface area contributed by atoms with Crippen molar-refractivity contribution in [2.45, 2.75) is 109 Å². The molecule has 6 nitrogen and oxygen atoms in total. The summed E-state index contributed by atoms with van der Waals surface area (Å²) in [6.07, 6.45) is 16.8. The second-order valence-electron chi connectivity index (χ2n) is 18.8. The molecule has 4 aliphatic rings. The maximum absolute atomic E-state index is 13.4. The number of carbonyl (C=O) groups excluding carboxylic acids is 1. The molecule has 0 N–H and O–H groups in total. The zero-order valence-corrected chi connectivity index (χ0v) is 38.5. The van der Waals surface area contributed by atoms with Crippen molar-refractivity contribution in [1.82, 2.24) is 0 Å². The van der Waals surface area contributed by atoms with E-state index in [1.807, 2.05) is 36.4 Å². The fraction of sp³-hybridized carbons (Fsp3) is 0.373. The van der Waals surface area contributed by atoms with Crippen LogP contribution in [0.4, 0.5) is 5.69 Å². The Kier molecular flexibility index (Phi) is 12.4. The molecule has 1 atom stereocenters. The molecule has 1 saturated carbocycles. The second kappa shape index (κ2) is 18.7. The fourth-order valence-corrected chi connectivity index (χ4v) is 11.3. The first-order chi connectivity index (χ1) is 31.9. The summed E-state index contributed by atoms with van der Waals surface area (Å²) in [6.45, 7) is 10.5. The average molecular weight is 866 g/mol. The maximum Gasteiger partial charge on any atom is 0.343 e. The highest BCUT2D eigenvalue weighted by Gasteiger charge is 2.45. The van der Waals surface area contributed by atoms with Crippen LogP contribution in [0.15, 0.2) is 127 Å². The van der Waals surface area contributed by atoms with E-state index in [9.17, 15) is 4.79 Å². The number of fused-ring (bicyclic) bond motifs is 6. The number of unbranched alkanes of at least 4 members (excludes halogenated alkanes) is 2. The smallest absolute Gasteiger partial charge is 0.343 e. The predicted molar refractivity (Wildman–Crippen MR) is 263 cm³/mol. The summed E-state index contributed by atoms with van der Waals surface area (Å²) in [5, 5.41) is 2.19. The molecule has 65 heavy (non-hydrogen) atoms. The molecule has 0 radical (unpaired) electrons. The lowest BCUT2D eigenvalue weighted by atomic mass is 9.77. The minimum Gasteiger partial charge on any atom is -0.472 e. The van der Waals surface area contributed by atoms with Gasteiger partial charge in [0.2, 0.25) is 0 Å². The number of benzene rings is 6. The van der Waals surface area contributed by atoms with E-state index in [0.29, 0.717) is 23.8 Å². The van der Waals surface area contributed by atoms with Gasteiger partial charge in [0.25, 0.3) is 0 Å². The lowest BCUT2D eigenvalue weighted by Crippen LogP contribution is -2.37. The van der Waals surface area contributed by atoms with Crippen LogP contribution < -0.4 is 14.4 Å². The van der Waals surface area contributed by atoms with Gasteiger partial charge >= 0.3 is 5.97 Å². The van der Waals surface area contributed by atoms with Crippen molar-refractivity contribution in [2.75, 3.05) is 31.2 Å². The molecule has 0 amide bonds. The lowest BCUT2D eigenvalue weighted by Gasteiger charge is -2.39. The first-order valence-electron chi connectivity index (χ1n) is 24.5. The number of hydrogen-bond acceptors (Lipinski definition) is 6. The number of carbonyl (C=O) groups is 1. The molecule has 2 fully saturated rings. The van der Waals surface area contributed by atoms with Gasteiger partial charge in [-0.25, -0.2) is 4.79 Å². The topological polar surface area (TPSA) is 57.2 Å². The molecule has 6 aromatic carbocycles. The summed E-state index contributed by atoms with van der Waals surface area (Å²) >= 11 is 0. The van der Waals surface area contributed by atoms with Gasteiger partial charge in [-0.3, -0.25) is 0 Å². The van der Waals surface area contributed by atoms with Crippen molar-refractivity contribution in [2.24, 2.45) is 5.92 Å². The van der Waals surface area contributed by atoms with Gasteiger partial charge in [-0.1, -0.05) is 131 Å². The van der Waals surface area contributed by atoms with Gasteiger partial charge in [0.1, 0.15) is 11.5 Å². The zero-order valence-electron chi connectivity index (χ0n) is 38.5. The van der Waals surface area contributed by atoms with Gasteiger partial charge < -0.3 is 23.8 Å². The monoisotopic (exact) mass is 865 g/mol. The number of anilines is 1. The van der Waals surface area contributed by atoms with Crippen LogP contribution in [0.25, 0.3) is 28.0 Å². The van der Waals surface area contributed by atoms with Gasteiger partial charge in [0.05, 0.1) is 31.0 Å². The first-order valence-corrected chi connectivity index (χ1v) is 24.5. The molecule has 6 heteroatoms. The van der Waals surface area contributed by atoms with Gasteiger partial charge in [-0.05, 0) is 127 Å². The molecule has 1 saturated heterocycles. The molecule has 0 bridgehead atoms. The largest absolute Gasteiger partial charge is 0.472 e. The lowest BCUT2D eigenvalue weighted by molar-refractivity contribution is -0.0440. The molecule has 10 rings (SSSR count). The van der Waals surface area contributed by atoms with Crippen LogP contribution >= 0.6 is 0 Å². The van der Waals surface area contributed by atoms with E-state index in [-0.39, 0.29) is 5.97 Å². The average Bonchev–Trinajstić information content (AvgIpc) is 3.78. The van der Waals surface area contributed by atoms with E-state index in [1.54, 1.807) is 0 Å². The number of esters is 1. The van der Waals surface area contributed by atoms with E-state index in [2.05, 4.69) is 123 Å². The number of hydrogen-bond donors (Lipinski definition) is 0. The Morgan fingerprint density at radius 3 is 2.15 bits per heavy atom. The van der Waals surface area contributed by atoms with E-state index in [0.717, 1.165) is 89.4 Å². The summed E-state index contributed by atoms with van der Waals surface area (Å²) in [5.41, 5.74) is 9.60. The highest BCUT2D eigenvalue weighted by atomic mass is 16.5. The van der Waals surface area contributed by atoms with Crippen LogP contribution in [-0.4, -0.2) is 32.3 Å². The van der Waals surface area contributed by atoms with Crippen LogP contribution in [0.5, 0.6) is 11.5 Å². The minimum atomic E-state index is -0.850. The molecule has 334 valence electrons. The predicted octanol–water partition coefficient (Wildman–Crippen LogP) is 14.3. The number of nitrogens with zero attached hydrogens (tertiary/aromatic N) is 1. The number of morpholine rings is 1. The van der Waals surface area contributed by atoms with E-state index in [1.165, 1.54) is 73.7 Å². The maximum atomic E-state index is 13.4. The summed E-state index contributed by atoms with van der Waals surface area (Å²) < 4.78 is 25.9. The molecule has 3 aliphatic heterocycles. The summed E-state index contributed by atoms with van der Waals surface area (Å²) in [5.74, 6) is 2.59. The van der Waals surface area contributed by atoms with Crippen LogP contribution in [0.3, 0.4) is 0 Å². The second-order valence-corrected chi connectivity index (χ2v) is 18.8. The Bertz CT molecular complexity index is 2630. The first kappa shape index (κ1) is 43.2. The van der Waals surface area contributed by atoms with E-state index < -0.39 is 11.2 Å². The van der Waals surface area contributed by atoms with Gasteiger partial charge in [-0.2, -0.15) is 0 Å². The van der Waals surface area contributed by atoms with E-state index in [4.69, 9.17) is 18.9 Å². The molecular weight excluding hydrogens is 803 g/mol. The van der Waals surface area contributed by atoms with Crippen LogP contribution in [0.2, 0.25) is 0 Å². The van der Waals surface area contributed by atoms with Crippen LogP contribution in [0.1, 0.15) is 135 Å². The normalized spacial score (nSPS) is 21.1. The summed E-state index contributed by atoms with van der Waals surface area (Å²) in [6, 6.07) is 42.2. The van der Waals surface area contributed by atoms with Crippen LogP contribution in [0, 0.1) is 5.92 Å². The standard InChI is InChI=1S/C59H63NO5/c1-4-7-9-12-41-15-17-42(18-16-41)43-23-30-50(31-24-43)64-57(61)45-21-19-44(20-22-45)46-25-32-51-53(39-46)54-40-63-58(5-2,6-3)55(54)52-33-34-59(65-56(51)52,47-13-10-8-11-14-47)48-26-28-49(29-27-48)60-35-37-62-38-36-60/h8,10-11,13-14,19-34,39,41-42H,4-7,9,12,15-18,35-38,40H2,1-3H3.